The van der Waals surface area contributed by atoms with Crippen molar-refractivity contribution >= 4 is 28.7 Å². The van der Waals surface area contributed by atoms with Crippen molar-refractivity contribution in [3.8, 4) is 5.75 Å². The van der Waals surface area contributed by atoms with Gasteiger partial charge in [0.05, 0.1) is 29.2 Å². The predicted molar refractivity (Wildman–Crippen MR) is 144 cm³/mol. The number of rotatable bonds is 8. The normalized spacial score (nSPS) is 18.9. The Morgan fingerprint density at radius 1 is 1.03 bits per heavy atom. The van der Waals surface area contributed by atoms with Crippen molar-refractivity contribution in [2.45, 2.75) is 25.1 Å². The monoisotopic (exact) mass is 535 g/mol. The smallest absolute Gasteiger partial charge is 0.416 e. The predicted octanol–water partition coefficient (Wildman–Crippen LogP) is 5.90. The number of carbonyl (C=O) groups excluding carboxylic acids is 1. The van der Waals surface area contributed by atoms with E-state index in [-0.39, 0.29) is 24.0 Å². The number of hydrogen-bond acceptors (Lipinski definition) is 5. The van der Waals surface area contributed by atoms with E-state index in [0.717, 1.165) is 38.1 Å². The first kappa shape index (κ1) is 26.6. The van der Waals surface area contributed by atoms with Gasteiger partial charge in [0.2, 0.25) is 0 Å². The third-order valence-electron chi connectivity index (χ3n) is 6.86. The van der Waals surface area contributed by atoms with Gasteiger partial charge in [-0.15, -0.1) is 0 Å². The van der Waals surface area contributed by atoms with Crippen LogP contribution >= 0.6 is 0 Å². The van der Waals surface area contributed by atoms with E-state index in [4.69, 9.17) is 4.74 Å². The number of para-hydroxylation sites is 1. The Bertz CT molecular complexity index is 1400. The van der Waals surface area contributed by atoms with Gasteiger partial charge in [-0.2, -0.15) is 13.2 Å². The van der Waals surface area contributed by atoms with E-state index in [1.165, 1.54) is 17.0 Å². The van der Waals surface area contributed by atoms with Crippen molar-refractivity contribution in [2.75, 3.05) is 31.2 Å². The molecule has 0 unspecified atom stereocenters. The minimum absolute atomic E-state index is 0.0490. The van der Waals surface area contributed by atoms with Gasteiger partial charge in [-0.05, 0) is 55.8 Å². The summed E-state index contributed by atoms with van der Waals surface area (Å²) >= 11 is 0. The van der Waals surface area contributed by atoms with Crippen molar-refractivity contribution in [1.82, 2.24) is 4.90 Å². The van der Waals surface area contributed by atoms with Crippen LogP contribution in [0.2, 0.25) is 0 Å². The molecule has 1 saturated heterocycles. The average molecular weight is 536 g/mol. The number of ether oxygens (including phenoxy) is 1. The molecule has 2 aliphatic rings. The molecule has 0 saturated carbocycles. The maximum atomic E-state index is 13.5. The fourth-order valence-electron chi connectivity index (χ4n) is 4.92. The summed E-state index contributed by atoms with van der Waals surface area (Å²) in [7, 11) is 0. The first-order chi connectivity index (χ1) is 18.8. The van der Waals surface area contributed by atoms with E-state index >= 15 is 0 Å². The molecule has 202 valence electrons. The van der Waals surface area contributed by atoms with Gasteiger partial charge in [0.15, 0.2) is 0 Å². The highest BCUT2D eigenvalue weighted by Crippen LogP contribution is 2.38. The number of aliphatic hydroxyl groups excluding tert-OH is 1. The highest BCUT2D eigenvalue weighted by molar-refractivity contribution is 6.56. The van der Waals surface area contributed by atoms with Gasteiger partial charge in [-0.25, -0.2) is 4.99 Å². The lowest BCUT2D eigenvalue weighted by Gasteiger charge is -2.20. The van der Waals surface area contributed by atoms with Gasteiger partial charge in [0, 0.05) is 24.2 Å². The van der Waals surface area contributed by atoms with Crippen LogP contribution in [0.5, 0.6) is 5.75 Å². The molecule has 1 atom stereocenters. The molecule has 2 aliphatic heterocycles. The second-order valence-electron chi connectivity index (χ2n) is 9.42. The second-order valence-corrected chi connectivity index (χ2v) is 9.42. The van der Waals surface area contributed by atoms with Gasteiger partial charge >= 0.3 is 6.18 Å². The third kappa shape index (κ3) is 5.89. The molecule has 3 aromatic carbocycles. The van der Waals surface area contributed by atoms with Crippen LogP contribution in [0.15, 0.2) is 89.9 Å². The SMILES string of the molecule is O=C1C(=Nc2cccc(C(F)(F)F)c2)c2ccccc2N1c1cccc(OC/C=C/CN2CCC[C@@H]2CO)c1. The molecule has 0 bridgehead atoms. The van der Waals surface area contributed by atoms with E-state index in [2.05, 4.69) is 9.89 Å². The number of benzene rings is 3. The lowest BCUT2D eigenvalue weighted by molar-refractivity contribution is -0.137. The number of nitrogens with zero attached hydrogens (tertiary/aromatic N) is 3. The van der Waals surface area contributed by atoms with Gasteiger partial charge < -0.3 is 9.84 Å². The molecular weight excluding hydrogens is 507 g/mol. The van der Waals surface area contributed by atoms with Crippen molar-refractivity contribution < 1.29 is 27.8 Å². The summed E-state index contributed by atoms with van der Waals surface area (Å²) in [6.07, 6.45) is 1.54. The lowest BCUT2D eigenvalue weighted by atomic mass is 10.1. The molecular formula is C30H28F3N3O3. The number of amides is 1. The number of aliphatic hydroxyl groups is 1. The van der Waals surface area contributed by atoms with Gasteiger partial charge in [-0.3, -0.25) is 14.6 Å². The molecule has 1 N–H and O–H groups in total. The maximum absolute atomic E-state index is 13.5. The highest BCUT2D eigenvalue weighted by Gasteiger charge is 2.35. The lowest BCUT2D eigenvalue weighted by Crippen LogP contribution is -2.32. The quantitative estimate of drug-likeness (QED) is 0.365. The fourth-order valence-corrected chi connectivity index (χ4v) is 4.92. The van der Waals surface area contributed by atoms with Gasteiger partial charge in [-0.1, -0.05) is 42.5 Å². The van der Waals surface area contributed by atoms with E-state index in [1.807, 2.05) is 12.2 Å². The molecule has 0 aromatic heterocycles. The Labute approximate surface area is 224 Å². The fraction of sp³-hybridized carbons (Fsp3) is 0.267. The van der Waals surface area contributed by atoms with Crippen LogP contribution in [0.3, 0.4) is 0 Å². The van der Waals surface area contributed by atoms with Gasteiger partial charge in [0.1, 0.15) is 18.1 Å². The first-order valence-corrected chi connectivity index (χ1v) is 12.8. The number of alkyl halides is 3. The Hall–Kier alpha value is -3.95. The van der Waals surface area contributed by atoms with Crippen LogP contribution in [0.25, 0.3) is 0 Å². The van der Waals surface area contributed by atoms with Crippen molar-refractivity contribution in [2.24, 2.45) is 4.99 Å². The second kappa shape index (κ2) is 11.4. The molecule has 6 nitrogen and oxygen atoms in total. The highest BCUT2D eigenvalue weighted by atomic mass is 19.4. The number of hydrogen-bond donors (Lipinski definition) is 1. The van der Waals surface area contributed by atoms with Gasteiger partial charge in [0.25, 0.3) is 5.91 Å². The number of anilines is 2. The van der Waals surface area contributed by atoms with Crippen molar-refractivity contribution in [3.63, 3.8) is 0 Å². The minimum atomic E-state index is -4.51. The van der Waals surface area contributed by atoms with Crippen LogP contribution in [0, 0.1) is 0 Å². The van der Waals surface area contributed by atoms with Crippen molar-refractivity contribution in [3.05, 3.63) is 96.1 Å². The van der Waals surface area contributed by atoms with E-state index < -0.39 is 17.6 Å². The summed E-state index contributed by atoms with van der Waals surface area (Å²) < 4.78 is 45.5. The van der Waals surface area contributed by atoms with Crippen LogP contribution < -0.4 is 9.64 Å². The molecule has 5 rings (SSSR count). The summed E-state index contributed by atoms with van der Waals surface area (Å²) in [6, 6.07) is 19.0. The zero-order valence-corrected chi connectivity index (χ0v) is 21.1. The molecule has 0 radical (unpaired) electrons. The Morgan fingerprint density at radius 2 is 1.85 bits per heavy atom. The number of aliphatic imine (C=N–C) groups is 1. The number of carbonyl (C=O) groups is 1. The van der Waals surface area contributed by atoms with Crippen LogP contribution in [-0.2, 0) is 11.0 Å². The standard InChI is InChI=1S/C30H28F3N3O3/c31-30(32,33)21-8-5-9-22(18-21)34-28-26-13-1-2-14-27(26)36(29(28)38)23-10-6-12-25(19-23)39-17-4-3-15-35-16-7-11-24(35)20-37/h1-6,8-10,12-14,18-19,24,37H,7,11,15-17,20H2/b4-3+,34-28?/t24-/m1/s1. The maximum Gasteiger partial charge on any atom is 0.416 e. The first-order valence-electron chi connectivity index (χ1n) is 12.8. The Balaban J connectivity index is 1.33. The third-order valence-corrected chi connectivity index (χ3v) is 6.86. The van der Waals surface area contributed by atoms with Crippen LogP contribution in [0.1, 0.15) is 24.0 Å². The number of likely N-dealkylation sites (tertiary alicyclic amines) is 1. The number of fused-ring (bicyclic) bond motifs is 1. The summed E-state index contributed by atoms with van der Waals surface area (Å²) in [5.74, 6) is 0.134. The minimum Gasteiger partial charge on any atom is -0.489 e. The molecule has 1 fully saturated rings. The molecule has 3 aromatic rings. The topological polar surface area (TPSA) is 65.4 Å². The molecule has 1 amide bonds. The summed E-state index contributed by atoms with van der Waals surface area (Å²) in [5.41, 5.74) is 0.986. The molecule has 39 heavy (non-hydrogen) atoms. The van der Waals surface area contributed by atoms with E-state index in [0.29, 0.717) is 29.3 Å². The van der Waals surface area contributed by atoms with E-state index in [9.17, 15) is 23.1 Å². The largest absolute Gasteiger partial charge is 0.489 e. The summed E-state index contributed by atoms with van der Waals surface area (Å²) in [4.78, 5) is 21.6. The van der Waals surface area contributed by atoms with Crippen LogP contribution in [-0.4, -0.2) is 54.0 Å². The van der Waals surface area contributed by atoms with Crippen molar-refractivity contribution in [1.29, 1.82) is 0 Å². The van der Waals surface area contributed by atoms with Crippen LogP contribution in [0.4, 0.5) is 30.2 Å². The average Bonchev–Trinajstić information content (AvgIpc) is 3.50. The summed E-state index contributed by atoms with van der Waals surface area (Å²) in [6.45, 7) is 2.24. The molecule has 0 spiro atoms. The Kier molecular flexibility index (Phi) is 7.81. The molecule has 2 heterocycles. The molecule has 9 heteroatoms. The summed E-state index contributed by atoms with van der Waals surface area (Å²) in [5, 5.41) is 9.45. The zero-order valence-electron chi connectivity index (χ0n) is 21.1. The van der Waals surface area contributed by atoms with E-state index in [1.54, 1.807) is 48.5 Å². The number of halogens is 3. The Morgan fingerprint density at radius 3 is 2.67 bits per heavy atom. The zero-order chi connectivity index (χ0) is 27.4. The molecule has 0 aliphatic carbocycles.